The second-order valence-electron chi connectivity index (χ2n) is 12.3. The molecule has 48 heavy (non-hydrogen) atoms. The number of morpholine rings is 1. The van der Waals surface area contributed by atoms with Crippen LogP contribution in [-0.4, -0.2) is 101 Å². The molecular weight excluding hydrogens is 647 g/mol. The summed E-state index contributed by atoms with van der Waals surface area (Å²) in [6.45, 7) is 13.9. The fraction of sp³-hybridized carbons (Fsp3) is 0.382. The molecule has 248 valence electrons. The highest BCUT2D eigenvalue weighted by Crippen LogP contribution is 2.39. The zero-order chi connectivity index (χ0) is 33.6. The van der Waals surface area contributed by atoms with E-state index in [-0.39, 0.29) is 77.3 Å². The van der Waals surface area contributed by atoms with Crippen LogP contribution in [0.25, 0.3) is 37.8 Å². The lowest BCUT2D eigenvalue weighted by Crippen LogP contribution is -2.57. The molecule has 0 N–H and O–H groups in total. The average molecular weight is 678 g/mol. The van der Waals surface area contributed by atoms with Crippen LogP contribution < -0.4 is 9.64 Å². The second-order valence-corrected chi connectivity index (χ2v) is 12.7. The van der Waals surface area contributed by atoms with Gasteiger partial charge in [-0.3, -0.25) is 14.7 Å². The Bertz CT molecular complexity index is 1990. The van der Waals surface area contributed by atoms with Crippen LogP contribution in [0.2, 0.25) is 5.02 Å². The lowest BCUT2D eigenvalue weighted by molar-refractivity contribution is -0.131. The Morgan fingerprint density at radius 3 is 2.85 bits per heavy atom. The van der Waals surface area contributed by atoms with Gasteiger partial charge < -0.3 is 24.1 Å². The van der Waals surface area contributed by atoms with Crippen molar-refractivity contribution in [2.24, 2.45) is 0 Å². The Morgan fingerprint density at radius 1 is 1.19 bits per heavy atom. The summed E-state index contributed by atoms with van der Waals surface area (Å²) in [5.74, 6) is -3.13. The molecule has 7 rings (SSSR count). The largest absolute Gasteiger partial charge is 0.461 e. The third kappa shape index (κ3) is 5.57. The van der Waals surface area contributed by atoms with Crippen molar-refractivity contribution in [2.45, 2.75) is 24.4 Å². The number of halogens is 4. The van der Waals surface area contributed by atoms with Gasteiger partial charge in [0.2, 0.25) is 6.54 Å². The summed E-state index contributed by atoms with van der Waals surface area (Å²) in [6.07, 6.45) is 3.30. The second kappa shape index (κ2) is 12.8. The molecule has 2 atom stereocenters. The average Bonchev–Trinajstić information content (AvgIpc) is 3.53. The van der Waals surface area contributed by atoms with E-state index in [1.807, 2.05) is 0 Å². The summed E-state index contributed by atoms with van der Waals surface area (Å²) < 4.78 is 57.3. The first-order valence-corrected chi connectivity index (χ1v) is 16.0. The maximum absolute atomic E-state index is 16.8. The van der Waals surface area contributed by atoms with Crippen LogP contribution in [0.4, 0.5) is 19.0 Å². The number of carbonyl (C=O) groups excluding carboxylic acids is 1. The van der Waals surface area contributed by atoms with E-state index in [0.717, 1.165) is 25.9 Å². The number of pyridine rings is 1. The summed E-state index contributed by atoms with van der Waals surface area (Å²) in [5, 5.41) is 1.03. The van der Waals surface area contributed by atoms with Crippen molar-refractivity contribution < 1.29 is 27.4 Å². The minimum absolute atomic E-state index is 0.0697. The number of amides is 1. The molecule has 14 heteroatoms. The van der Waals surface area contributed by atoms with Crippen molar-refractivity contribution in [3.8, 4) is 17.3 Å². The number of aromatic nitrogens is 3. The highest BCUT2D eigenvalue weighted by Gasteiger charge is 2.44. The molecule has 0 aliphatic carbocycles. The number of benzene rings is 2. The first-order chi connectivity index (χ1) is 23.2. The molecule has 3 aliphatic heterocycles. The molecule has 0 radical (unpaired) electrons. The van der Waals surface area contributed by atoms with Crippen molar-refractivity contribution >= 4 is 45.0 Å². The Morgan fingerprint density at radius 2 is 2.04 bits per heavy atom. The van der Waals surface area contributed by atoms with Crippen molar-refractivity contribution in [1.29, 1.82) is 0 Å². The lowest BCUT2D eigenvalue weighted by atomic mass is 9.97. The molecule has 0 saturated carbocycles. The van der Waals surface area contributed by atoms with Crippen LogP contribution in [0.3, 0.4) is 0 Å². The summed E-state index contributed by atoms with van der Waals surface area (Å²) >= 11 is 6.39. The summed E-state index contributed by atoms with van der Waals surface area (Å²) in [4.78, 5) is 35.2. The van der Waals surface area contributed by atoms with Crippen molar-refractivity contribution in [2.75, 3.05) is 64.0 Å². The first kappa shape index (κ1) is 32.1. The Labute approximate surface area is 279 Å². The number of nitrogens with zero attached hydrogens (tertiary/aromatic N) is 7. The van der Waals surface area contributed by atoms with Crippen LogP contribution in [-0.2, 0) is 9.53 Å². The van der Waals surface area contributed by atoms with Gasteiger partial charge in [-0.05, 0) is 30.8 Å². The standard InChI is InChI=1S/C34H31ClF3N7O3/c1-20(36)32(46)45-12-11-43(17-22(45)15-39-2)31-24-16-40-29(23-6-3-5-21-7-8-25(37)27(35)26(21)23)28(38)30(24)41-33(42-31)48-19-34-9-4-10-44(34)13-14-47-18-34/h3,5-8,16,22H,1,4,9-15,17-19H2/t22-,34?/m0/s1. The monoisotopic (exact) mass is 677 g/mol. The van der Waals surface area contributed by atoms with Gasteiger partial charge in [-0.15, -0.1) is 0 Å². The predicted molar refractivity (Wildman–Crippen MR) is 174 cm³/mol. The zero-order valence-corrected chi connectivity index (χ0v) is 26.6. The molecule has 4 aromatic rings. The molecule has 0 bridgehead atoms. The fourth-order valence-electron chi connectivity index (χ4n) is 7.10. The van der Waals surface area contributed by atoms with Gasteiger partial charge in [0.25, 0.3) is 5.91 Å². The lowest BCUT2D eigenvalue weighted by Gasteiger charge is -2.41. The Balaban J connectivity index is 1.34. The molecule has 0 spiro atoms. The van der Waals surface area contributed by atoms with E-state index in [1.54, 1.807) is 29.2 Å². The highest BCUT2D eigenvalue weighted by atomic mass is 35.5. The normalized spacial score (nSPS) is 21.4. The topological polar surface area (TPSA) is 88.3 Å². The number of rotatable bonds is 7. The first-order valence-electron chi connectivity index (χ1n) is 15.6. The van der Waals surface area contributed by atoms with Crippen LogP contribution in [0.5, 0.6) is 6.01 Å². The summed E-state index contributed by atoms with van der Waals surface area (Å²) in [6, 6.07) is 7.14. The quantitative estimate of drug-likeness (QED) is 0.189. The predicted octanol–water partition coefficient (Wildman–Crippen LogP) is 5.44. The fourth-order valence-corrected chi connectivity index (χ4v) is 7.38. The van der Waals surface area contributed by atoms with E-state index >= 15 is 4.39 Å². The summed E-state index contributed by atoms with van der Waals surface area (Å²) in [5.41, 5.74) is -0.235. The smallest absolute Gasteiger partial charge is 0.319 e. The van der Waals surface area contributed by atoms with Gasteiger partial charge in [-0.1, -0.05) is 42.4 Å². The Kier molecular flexibility index (Phi) is 8.57. The maximum Gasteiger partial charge on any atom is 0.319 e. The molecular formula is C34H31ClF3N7O3. The van der Waals surface area contributed by atoms with E-state index < -0.39 is 29.4 Å². The number of fused-ring (bicyclic) bond motifs is 3. The van der Waals surface area contributed by atoms with Crippen molar-refractivity contribution in [3.63, 3.8) is 0 Å². The SMILES string of the molecule is [C-]#[N+]C[C@H]1CN(c2nc(OCC34CCCN3CCOC4)nc3c(F)c(-c4cccc5ccc(F)c(Cl)c45)ncc23)CCN1C(=O)C(=C)F. The van der Waals surface area contributed by atoms with Crippen LogP contribution in [0.15, 0.2) is 48.9 Å². The van der Waals surface area contributed by atoms with Gasteiger partial charge in [-0.2, -0.15) is 9.97 Å². The highest BCUT2D eigenvalue weighted by molar-refractivity contribution is 6.36. The van der Waals surface area contributed by atoms with Gasteiger partial charge in [0.05, 0.1) is 29.2 Å². The Hall–Kier alpha value is -4.51. The number of ether oxygens (including phenoxy) is 2. The molecule has 3 fully saturated rings. The van der Waals surface area contributed by atoms with Gasteiger partial charge >= 0.3 is 6.01 Å². The molecule has 1 unspecified atom stereocenters. The summed E-state index contributed by atoms with van der Waals surface area (Å²) in [7, 11) is 0. The van der Waals surface area contributed by atoms with E-state index in [4.69, 9.17) is 32.6 Å². The van der Waals surface area contributed by atoms with Crippen LogP contribution >= 0.6 is 11.6 Å². The van der Waals surface area contributed by atoms with E-state index in [1.165, 1.54) is 17.2 Å². The number of piperazine rings is 1. The number of hydrogen-bond acceptors (Lipinski definition) is 8. The van der Waals surface area contributed by atoms with Crippen molar-refractivity contribution in [1.82, 2.24) is 24.8 Å². The third-order valence-electron chi connectivity index (χ3n) is 9.50. The van der Waals surface area contributed by atoms with Gasteiger partial charge in [0.1, 0.15) is 35.5 Å². The molecule has 3 aliphatic rings. The van der Waals surface area contributed by atoms with E-state index in [9.17, 15) is 13.6 Å². The van der Waals surface area contributed by atoms with Gasteiger partial charge in [0, 0.05) is 43.3 Å². The van der Waals surface area contributed by atoms with Gasteiger partial charge in [0.15, 0.2) is 11.6 Å². The number of carbonyl (C=O) groups is 1. The van der Waals surface area contributed by atoms with Gasteiger partial charge in [-0.25, -0.2) is 19.7 Å². The maximum atomic E-state index is 16.8. The number of hydrogen-bond donors (Lipinski definition) is 0. The van der Waals surface area contributed by atoms with Crippen molar-refractivity contribution in [3.05, 3.63) is 77.0 Å². The molecule has 2 aromatic heterocycles. The van der Waals surface area contributed by atoms with E-state index in [2.05, 4.69) is 26.3 Å². The van der Waals surface area contributed by atoms with Crippen LogP contribution in [0, 0.1) is 18.2 Å². The molecule has 5 heterocycles. The third-order valence-corrected chi connectivity index (χ3v) is 9.87. The number of anilines is 1. The molecule has 1 amide bonds. The molecule has 2 aromatic carbocycles. The van der Waals surface area contributed by atoms with E-state index in [0.29, 0.717) is 24.0 Å². The molecule has 10 nitrogen and oxygen atoms in total. The zero-order valence-electron chi connectivity index (χ0n) is 25.9. The molecule has 3 saturated heterocycles. The minimum Gasteiger partial charge on any atom is -0.461 e. The minimum atomic E-state index is -1.11. The van der Waals surface area contributed by atoms with Crippen LogP contribution in [0.1, 0.15) is 12.8 Å².